The average molecular weight is 348 g/mol. The number of phenolic OH excluding ortho intramolecular Hbond substituents is 1. The van der Waals surface area contributed by atoms with Gasteiger partial charge in [-0.25, -0.2) is 0 Å². The van der Waals surface area contributed by atoms with Crippen LogP contribution in [0.4, 0.5) is 0 Å². The Kier molecular flexibility index (Phi) is 4.41. The highest BCUT2D eigenvalue weighted by atomic mass is 16.3. The molecule has 0 saturated carbocycles. The summed E-state index contributed by atoms with van der Waals surface area (Å²) in [7, 11) is 0. The van der Waals surface area contributed by atoms with Gasteiger partial charge >= 0.3 is 0 Å². The maximum absolute atomic E-state index is 11.7. The van der Waals surface area contributed by atoms with Crippen LogP contribution in [0, 0.1) is 0 Å². The largest absolute Gasteiger partial charge is 0.507 e. The van der Waals surface area contributed by atoms with Crippen LogP contribution in [-0.4, -0.2) is 15.6 Å². The van der Waals surface area contributed by atoms with E-state index in [0.29, 0.717) is 12.2 Å². The molecule has 3 N–H and O–H groups in total. The summed E-state index contributed by atoms with van der Waals surface area (Å²) in [6.45, 7) is 0.763. The van der Waals surface area contributed by atoms with Gasteiger partial charge in [0.25, 0.3) is 0 Å². The van der Waals surface area contributed by atoms with Crippen LogP contribution >= 0.6 is 0 Å². The SMILES string of the molecule is NC(=O)CC1CCCCc2c1c1c(O)cccc1n2Cc1ccccc1. The Bertz CT molecular complexity index is 944. The van der Waals surface area contributed by atoms with E-state index in [-0.39, 0.29) is 11.8 Å². The fourth-order valence-electron chi connectivity index (χ4n) is 4.39. The van der Waals surface area contributed by atoms with Gasteiger partial charge in [0.2, 0.25) is 5.91 Å². The van der Waals surface area contributed by atoms with E-state index in [0.717, 1.165) is 48.7 Å². The lowest BCUT2D eigenvalue weighted by atomic mass is 9.90. The number of hydrogen-bond acceptors (Lipinski definition) is 2. The third-order valence-corrected chi connectivity index (χ3v) is 5.47. The van der Waals surface area contributed by atoms with Crippen LogP contribution in [0.25, 0.3) is 10.9 Å². The molecule has 3 aromatic rings. The monoisotopic (exact) mass is 348 g/mol. The smallest absolute Gasteiger partial charge is 0.218 e. The van der Waals surface area contributed by atoms with E-state index in [1.807, 2.05) is 24.3 Å². The number of aromatic hydroxyl groups is 1. The van der Waals surface area contributed by atoms with Crippen LogP contribution < -0.4 is 5.73 Å². The van der Waals surface area contributed by atoms with Crippen LogP contribution in [0.2, 0.25) is 0 Å². The quantitative estimate of drug-likeness (QED) is 0.698. The maximum Gasteiger partial charge on any atom is 0.218 e. The number of nitrogens with two attached hydrogens (primary N) is 1. The van der Waals surface area contributed by atoms with E-state index in [2.05, 4.69) is 22.8 Å². The summed E-state index contributed by atoms with van der Waals surface area (Å²) in [5, 5.41) is 11.5. The molecule has 1 amide bonds. The third kappa shape index (κ3) is 2.96. The van der Waals surface area contributed by atoms with Crippen molar-refractivity contribution in [1.82, 2.24) is 4.57 Å². The minimum atomic E-state index is -0.276. The Labute approximate surface area is 153 Å². The maximum atomic E-state index is 11.7. The minimum absolute atomic E-state index is 0.0813. The molecule has 26 heavy (non-hydrogen) atoms. The predicted octanol–water partition coefficient (Wildman–Crippen LogP) is 4.08. The van der Waals surface area contributed by atoms with Gasteiger partial charge < -0.3 is 15.4 Å². The van der Waals surface area contributed by atoms with E-state index >= 15 is 0 Å². The van der Waals surface area contributed by atoms with Crippen LogP contribution in [0.3, 0.4) is 0 Å². The number of carbonyl (C=O) groups excluding carboxylic acids is 1. The second-order valence-corrected chi connectivity index (χ2v) is 7.22. The standard InChI is InChI=1S/C22H24N2O2/c23-20(26)13-16-9-4-5-10-17-21(16)22-18(11-6-12-19(22)25)24(17)14-15-7-2-1-3-8-15/h1-3,6-8,11-12,16,25H,4-5,9-10,13-14H2,(H2,23,26). The number of benzene rings is 2. The normalized spacial score (nSPS) is 17.0. The Morgan fingerprint density at radius 3 is 2.69 bits per heavy atom. The molecule has 0 radical (unpaired) electrons. The molecule has 4 rings (SSSR count). The summed E-state index contributed by atoms with van der Waals surface area (Å²) in [6.07, 6.45) is 4.41. The molecule has 134 valence electrons. The van der Waals surface area contributed by atoms with E-state index in [1.165, 1.54) is 11.3 Å². The highest BCUT2D eigenvalue weighted by Crippen LogP contribution is 2.43. The first-order valence-electron chi connectivity index (χ1n) is 9.30. The first kappa shape index (κ1) is 16.7. The van der Waals surface area contributed by atoms with Crippen molar-refractivity contribution in [3.05, 3.63) is 65.4 Å². The molecule has 1 aromatic heterocycles. The fraction of sp³-hybridized carbons (Fsp3) is 0.318. The molecule has 0 spiro atoms. The summed E-state index contributed by atoms with van der Waals surface area (Å²) in [4.78, 5) is 11.7. The summed E-state index contributed by atoms with van der Waals surface area (Å²) in [5.74, 6) is 0.0991. The summed E-state index contributed by atoms with van der Waals surface area (Å²) < 4.78 is 2.32. The molecule has 4 heteroatoms. The number of phenols is 1. The zero-order valence-electron chi connectivity index (χ0n) is 14.8. The lowest BCUT2D eigenvalue weighted by molar-refractivity contribution is -0.118. The zero-order chi connectivity index (χ0) is 18.1. The number of primary amides is 1. The van der Waals surface area contributed by atoms with Gasteiger partial charge in [0.05, 0.1) is 5.52 Å². The number of carbonyl (C=O) groups is 1. The molecule has 1 heterocycles. The summed E-state index contributed by atoms with van der Waals surface area (Å²) >= 11 is 0. The van der Waals surface area contributed by atoms with Gasteiger partial charge in [0, 0.05) is 24.0 Å². The number of aromatic nitrogens is 1. The number of rotatable bonds is 4. The van der Waals surface area contributed by atoms with Crippen LogP contribution in [-0.2, 0) is 17.8 Å². The van der Waals surface area contributed by atoms with Crippen LogP contribution in [0.5, 0.6) is 5.75 Å². The van der Waals surface area contributed by atoms with Crippen molar-refractivity contribution in [3.8, 4) is 5.75 Å². The minimum Gasteiger partial charge on any atom is -0.507 e. The molecule has 2 aromatic carbocycles. The van der Waals surface area contributed by atoms with E-state index in [4.69, 9.17) is 5.73 Å². The van der Waals surface area contributed by atoms with E-state index in [9.17, 15) is 9.90 Å². The second kappa shape index (κ2) is 6.87. The highest BCUT2D eigenvalue weighted by Gasteiger charge is 2.28. The first-order valence-corrected chi connectivity index (χ1v) is 9.30. The van der Waals surface area contributed by atoms with Crippen molar-refractivity contribution < 1.29 is 9.90 Å². The van der Waals surface area contributed by atoms with Gasteiger partial charge in [-0.1, -0.05) is 42.8 Å². The molecule has 1 aliphatic rings. The van der Waals surface area contributed by atoms with Crippen LogP contribution in [0.1, 0.15) is 48.4 Å². The molecule has 0 fully saturated rings. The first-order chi connectivity index (χ1) is 12.6. The average Bonchev–Trinajstić information content (AvgIpc) is 2.79. The van der Waals surface area contributed by atoms with Crippen molar-refractivity contribution >= 4 is 16.8 Å². The number of hydrogen-bond donors (Lipinski definition) is 2. The molecule has 0 saturated heterocycles. The molecular formula is C22H24N2O2. The fourth-order valence-corrected chi connectivity index (χ4v) is 4.39. The number of amides is 1. The Hall–Kier alpha value is -2.75. The molecule has 4 nitrogen and oxygen atoms in total. The molecule has 0 bridgehead atoms. The van der Waals surface area contributed by atoms with Gasteiger partial charge in [0.15, 0.2) is 0 Å². The topological polar surface area (TPSA) is 68.2 Å². The van der Waals surface area contributed by atoms with E-state index in [1.54, 1.807) is 6.07 Å². The highest BCUT2D eigenvalue weighted by molar-refractivity contribution is 5.92. The lowest BCUT2D eigenvalue weighted by Crippen LogP contribution is -2.15. The van der Waals surface area contributed by atoms with Gasteiger partial charge in [-0.2, -0.15) is 0 Å². The molecule has 1 unspecified atom stereocenters. The predicted molar refractivity (Wildman–Crippen MR) is 103 cm³/mol. The van der Waals surface area contributed by atoms with Gasteiger partial charge in [-0.3, -0.25) is 4.79 Å². The molecular weight excluding hydrogens is 324 g/mol. The Morgan fingerprint density at radius 1 is 1.12 bits per heavy atom. The lowest BCUT2D eigenvalue weighted by Gasteiger charge is -2.15. The van der Waals surface area contributed by atoms with Crippen molar-refractivity contribution in [2.75, 3.05) is 0 Å². The Balaban J connectivity index is 1.93. The van der Waals surface area contributed by atoms with Gasteiger partial charge in [0.1, 0.15) is 5.75 Å². The van der Waals surface area contributed by atoms with Crippen molar-refractivity contribution in [2.24, 2.45) is 5.73 Å². The van der Waals surface area contributed by atoms with Crippen LogP contribution in [0.15, 0.2) is 48.5 Å². The second-order valence-electron chi connectivity index (χ2n) is 7.22. The van der Waals surface area contributed by atoms with Gasteiger partial charge in [-0.15, -0.1) is 0 Å². The number of fused-ring (bicyclic) bond motifs is 3. The zero-order valence-corrected chi connectivity index (χ0v) is 14.8. The summed E-state index contributed by atoms with van der Waals surface area (Å²) in [5.41, 5.74) is 10.2. The molecule has 1 atom stereocenters. The van der Waals surface area contributed by atoms with Crippen molar-refractivity contribution in [1.29, 1.82) is 0 Å². The van der Waals surface area contributed by atoms with E-state index < -0.39 is 0 Å². The third-order valence-electron chi connectivity index (χ3n) is 5.47. The molecule has 0 aliphatic heterocycles. The van der Waals surface area contributed by atoms with Crippen molar-refractivity contribution in [3.63, 3.8) is 0 Å². The number of nitrogens with zero attached hydrogens (tertiary/aromatic N) is 1. The molecule has 1 aliphatic carbocycles. The van der Waals surface area contributed by atoms with Gasteiger partial charge in [-0.05, 0) is 48.4 Å². The van der Waals surface area contributed by atoms with Crippen molar-refractivity contribution in [2.45, 2.75) is 44.6 Å². The summed E-state index contributed by atoms with van der Waals surface area (Å²) in [6, 6.07) is 16.1. The Morgan fingerprint density at radius 2 is 1.92 bits per heavy atom.